The van der Waals surface area contributed by atoms with Gasteiger partial charge in [-0.2, -0.15) is 0 Å². The van der Waals surface area contributed by atoms with E-state index < -0.39 is 0 Å². The minimum Gasteiger partial charge on any atom is -0.372 e. The van der Waals surface area contributed by atoms with Crippen molar-refractivity contribution in [1.29, 1.82) is 0 Å². The van der Waals surface area contributed by atoms with Crippen LogP contribution in [0.4, 0.5) is 0 Å². The highest BCUT2D eigenvalue weighted by molar-refractivity contribution is 5.78. The Labute approximate surface area is 142 Å². The molecule has 134 valence electrons. The minimum absolute atomic E-state index is 0.0956. The fourth-order valence-corrected chi connectivity index (χ4v) is 3.43. The van der Waals surface area contributed by atoms with Crippen LogP contribution in [-0.4, -0.2) is 82.0 Å². The minimum atomic E-state index is -0.128. The number of hydrogen-bond acceptors (Lipinski definition) is 6. The monoisotopic (exact) mass is 337 g/mol. The molecule has 0 saturated carbocycles. The van der Waals surface area contributed by atoms with Gasteiger partial charge in [-0.05, 0) is 20.8 Å². The van der Waals surface area contributed by atoms with E-state index in [0.29, 0.717) is 32.8 Å². The predicted molar refractivity (Wildman–Crippen MR) is 87.4 cm³/mol. The molecule has 0 unspecified atom stereocenters. The Kier molecular flexibility index (Phi) is 5.47. The van der Waals surface area contributed by atoms with E-state index in [2.05, 4.69) is 22.0 Å². The summed E-state index contributed by atoms with van der Waals surface area (Å²) in [7, 11) is 0. The van der Waals surface area contributed by atoms with Crippen LogP contribution in [0.1, 0.15) is 32.7 Å². The van der Waals surface area contributed by atoms with E-state index in [1.165, 1.54) is 0 Å². The molecule has 0 bridgehead atoms. The first-order chi connectivity index (χ1) is 11.6. The van der Waals surface area contributed by atoms with Crippen LogP contribution in [-0.2, 0) is 20.8 Å². The zero-order valence-corrected chi connectivity index (χ0v) is 14.7. The lowest BCUT2D eigenvalue weighted by atomic mass is 10.2. The summed E-state index contributed by atoms with van der Waals surface area (Å²) >= 11 is 0. The van der Waals surface area contributed by atoms with Crippen molar-refractivity contribution in [3.8, 4) is 0 Å². The lowest BCUT2D eigenvalue weighted by molar-refractivity contribution is -0.146. The van der Waals surface area contributed by atoms with Crippen molar-refractivity contribution in [2.24, 2.45) is 0 Å². The molecule has 2 aliphatic heterocycles. The van der Waals surface area contributed by atoms with Crippen molar-refractivity contribution >= 4 is 5.91 Å². The van der Waals surface area contributed by atoms with E-state index in [-0.39, 0.29) is 24.2 Å². The quantitative estimate of drug-likeness (QED) is 0.787. The van der Waals surface area contributed by atoms with Crippen molar-refractivity contribution in [2.75, 3.05) is 39.3 Å². The maximum Gasteiger partial charge on any atom is 0.236 e. The van der Waals surface area contributed by atoms with Crippen LogP contribution in [0.2, 0.25) is 0 Å². The largest absolute Gasteiger partial charge is 0.372 e. The third-order valence-corrected chi connectivity index (χ3v) is 4.56. The van der Waals surface area contributed by atoms with Crippen LogP contribution >= 0.6 is 0 Å². The maximum atomic E-state index is 12.6. The highest BCUT2D eigenvalue weighted by atomic mass is 16.5. The zero-order valence-electron chi connectivity index (χ0n) is 14.7. The molecular weight excluding hydrogens is 310 g/mol. The highest BCUT2D eigenvalue weighted by Crippen LogP contribution is 2.20. The van der Waals surface area contributed by atoms with E-state index in [9.17, 15) is 4.79 Å². The molecule has 2 saturated heterocycles. The van der Waals surface area contributed by atoms with Gasteiger partial charge in [-0.1, -0.05) is 0 Å². The number of ether oxygens (including phenoxy) is 2. The summed E-state index contributed by atoms with van der Waals surface area (Å²) in [6.07, 6.45) is 1.78. The van der Waals surface area contributed by atoms with Crippen LogP contribution in [0.3, 0.4) is 0 Å². The Morgan fingerprint density at radius 3 is 2.75 bits per heavy atom. The number of aryl methyl sites for hydroxylation is 1. The lowest BCUT2D eigenvalue weighted by Crippen LogP contribution is -2.52. The standard InChI is InChI=1S/C16H27N5O3/c1-4-20-11-17-18-16(20)14-9-19(5-6-23-14)10-15(22)21-7-12(2)24-13(3)8-21/h11-14H,4-10H2,1-3H3/t12-,13-,14+/m1/s1. The first-order valence-corrected chi connectivity index (χ1v) is 8.71. The van der Waals surface area contributed by atoms with Gasteiger partial charge in [0.25, 0.3) is 0 Å². The summed E-state index contributed by atoms with van der Waals surface area (Å²) in [6, 6.07) is 0. The molecule has 0 radical (unpaired) electrons. The summed E-state index contributed by atoms with van der Waals surface area (Å²) < 4.78 is 13.5. The Bertz CT molecular complexity index is 554. The molecule has 0 spiro atoms. The third-order valence-electron chi connectivity index (χ3n) is 4.56. The van der Waals surface area contributed by atoms with E-state index in [1.807, 2.05) is 23.3 Å². The van der Waals surface area contributed by atoms with Gasteiger partial charge in [-0.15, -0.1) is 10.2 Å². The van der Waals surface area contributed by atoms with Gasteiger partial charge in [0.1, 0.15) is 12.4 Å². The van der Waals surface area contributed by atoms with E-state index >= 15 is 0 Å². The number of carbonyl (C=O) groups is 1. The molecular formula is C16H27N5O3. The van der Waals surface area contributed by atoms with Gasteiger partial charge < -0.3 is 18.9 Å². The van der Waals surface area contributed by atoms with Crippen molar-refractivity contribution in [3.05, 3.63) is 12.2 Å². The Morgan fingerprint density at radius 1 is 1.29 bits per heavy atom. The van der Waals surface area contributed by atoms with Crippen molar-refractivity contribution in [1.82, 2.24) is 24.6 Å². The Morgan fingerprint density at radius 2 is 2.04 bits per heavy atom. The van der Waals surface area contributed by atoms with Gasteiger partial charge in [-0.3, -0.25) is 9.69 Å². The van der Waals surface area contributed by atoms with Crippen LogP contribution < -0.4 is 0 Å². The summed E-state index contributed by atoms with van der Waals surface area (Å²) in [5.74, 6) is 0.998. The normalized spacial score (nSPS) is 29.0. The number of aromatic nitrogens is 3. The topological polar surface area (TPSA) is 72.7 Å². The smallest absolute Gasteiger partial charge is 0.236 e. The van der Waals surface area contributed by atoms with Crippen LogP contribution in [0, 0.1) is 0 Å². The molecule has 24 heavy (non-hydrogen) atoms. The van der Waals surface area contributed by atoms with Crippen LogP contribution in [0.15, 0.2) is 6.33 Å². The Hall–Kier alpha value is -1.51. The average Bonchev–Trinajstić information content (AvgIpc) is 3.03. The fraction of sp³-hybridized carbons (Fsp3) is 0.812. The van der Waals surface area contributed by atoms with Gasteiger partial charge in [0, 0.05) is 32.7 Å². The number of hydrogen-bond donors (Lipinski definition) is 0. The van der Waals surface area contributed by atoms with Crippen molar-refractivity contribution in [2.45, 2.75) is 45.6 Å². The SMILES string of the molecule is CCn1cnnc1[C@@H]1CN(CC(=O)N2C[C@@H](C)O[C@H](C)C2)CCO1. The molecule has 0 N–H and O–H groups in total. The average molecular weight is 337 g/mol. The second kappa shape index (κ2) is 7.58. The predicted octanol–water partition coefficient (Wildman–Crippen LogP) is 0.307. The molecule has 1 amide bonds. The number of nitrogens with zero attached hydrogens (tertiary/aromatic N) is 5. The molecule has 3 atom stereocenters. The molecule has 0 aliphatic carbocycles. The Balaban J connectivity index is 1.58. The van der Waals surface area contributed by atoms with Crippen LogP contribution in [0.5, 0.6) is 0 Å². The van der Waals surface area contributed by atoms with E-state index in [0.717, 1.165) is 18.9 Å². The molecule has 8 nitrogen and oxygen atoms in total. The number of carbonyl (C=O) groups excluding carboxylic acids is 1. The maximum absolute atomic E-state index is 12.6. The van der Waals surface area contributed by atoms with Gasteiger partial charge in [-0.25, -0.2) is 0 Å². The number of morpholine rings is 2. The molecule has 8 heteroatoms. The molecule has 1 aromatic heterocycles. The number of amides is 1. The van der Waals surface area contributed by atoms with Gasteiger partial charge >= 0.3 is 0 Å². The lowest BCUT2D eigenvalue weighted by Gasteiger charge is -2.37. The highest BCUT2D eigenvalue weighted by Gasteiger charge is 2.30. The van der Waals surface area contributed by atoms with E-state index in [1.54, 1.807) is 6.33 Å². The zero-order chi connectivity index (χ0) is 17.1. The van der Waals surface area contributed by atoms with Crippen molar-refractivity contribution < 1.29 is 14.3 Å². The van der Waals surface area contributed by atoms with Crippen LogP contribution in [0.25, 0.3) is 0 Å². The molecule has 0 aromatic carbocycles. The first kappa shape index (κ1) is 17.3. The second-order valence-electron chi connectivity index (χ2n) is 6.63. The summed E-state index contributed by atoms with van der Waals surface area (Å²) in [5.41, 5.74) is 0. The molecule has 2 fully saturated rings. The van der Waals surface area contributed by atoms with Gasteiger partial charge in [0.15, 0.2) is 5.82 Å². The van der Waals surface area contributed by atoms with Gasteiger partial charge in [0.2, 0.25) is 5.91 Å². The molecule has 1 aromatic rings. The summed E-state index contributed by atoms with van der Waals surface area (Å²) in [6.45, 7) is 10.7. The molecule has 3 heterocycles. The molecule has 3 rings (SSSR count). The third kappa shape index (κ3) is 3.93. The van der Waals surface area contributed by atoms with Gasteiger partial charge in [0.05, 0.1) is 25.4 Å². The summed E-state index contributed by atoms with van der Waals surface area (Å²) in [5, 5.41) is 8.15. The molecule has 2 aliphatic rings. The fourth-order valence-electron chi connectivity index (χ4n) is 3.43. The van der Waals surface area contributed by atoms with Crippen molar-refractivity contribution in [3.63, 3.8) is 0 Å². The number of rotatable bonds is 4. The first-order valence-electron chi connectivity index (χ1n) is 8.71. The van der Waals surface area contributed by atoms with E-state index in [4.69, 9.17) is 9.47 Å². The summed E-state index contributed by atoms with van der Waals surface area (Å²) in [4.78, 5) is 16.7. The second-order valence-corrected chi connectivity index (χ2v) is 6.63.